The molecule has 0 bridgehead atoms. The van der Waals surface area contributed by atoms with Crippen molar-refractivity contribution in [1.82, 2.24) is 15.2 Å². The predicted octanol–water partition coefficient (Wildman–Crippen LogP) is 2.81. The molecule has 3 heteroatoms. The lowest BCUT2D eigenvalue weighted by Gasteiger charge is -2.35. The minimum Gasteiger partial charge on any atom is -0.318 e. The first-order chi connectivity index (χ1) is 9.86. The number of likely N-dealkylation sites (N-methyl/N-ethyl adjacent to an activating group) is 1. The van der Waals surface area contributed by atoms with Crippen molar-refractivity contribution < 1.29 is 0 Å². The Morgan fingerprint density at radius 1 is 1.30 bits per heavy atom. The summed E-state index contributed by atoms with van der Waals surface area (Å²) in [7, 11) is 2.05. The molecule has 1 saturated heterocycles. The molecule has 106 valence electrons. The highest BCUT2D eigenvalue weighted by molar-refractivity contribution is 5.78. The molecule has 0 radical (unpaired) electrons. The van der Waals surface area contributed by atoms with Crippen LogP contribution in [0.4, 0.5) is 0 Å². The zero-order valence-corrected chi connectivity index (χ0v) is 12.2. The lowest BCUT2D eigenvalue weighted by atomic mass is 10.0. The highest BCUT2D eigenvalue weighted by Crippen LogP contribution is 2.21. The van der Waals surface area contributed by atoms with Gasteiger partial charge >= 0.3 is 0 Å². The minimum atomic E-state index is 0.679. The molecule has 1 unspecified atom stereocenters. The van der Waals surface area contributed by atoms with E-state index in [9.17, 15) is 0 Å². The summed E-state index contributed by atoms with van der Waals surface area (Å²) in [5.74, 6) is 0. The van der Waals surface area contributed by atoms with Crippen LogP contribution in [0, 0.1) is 0 Å². The third-order valence-corrected chi connectivity index (χ3v) is 4.24. The van der Waals surface area contributed by atoms with Crippen molar-refractivity contribution >= 4 is 10.9 Å². The Balaban J connectivity index is 1.77. The Bertz CT molecular complexity index is 565. The molecule has 0 aliphatic carbocycles. The molecule has 1 N–H and O–H groups in total. The summed E-state index contributed by atoms with van der Waals surface area (Å²) in [6.07, 6.45) is 5.87. The summed E-state index contributed by atoms with van der Waals surface area (Å²) in [6, 6.07) is 11.5. The standard InChI is InChI=1S/C17H23N3/c1-18-12-16-6-2-3-10-20(16)13-14-7-8-17-15(11-14)5-4-9-19-17/h4-5,7-9,11,16,18H,2-3,6,10,12-13H2,1H3. The van der Waals surface area contributed by atoms with Gasteiger partial charge in [0.05, 0.1) is 5.52 Å². The van der Waals surface area contributed by atoms with E-state index in [0.29, 0.717) is 6.04 Å². The monoisotopic (exact) mass is 269 g/mol. The maximum Gasteiger partial charge on any atom is 0.0702 e. The number of rotatable bonds is 4. The number of likely N-dealkylation sites (tertiary alicyclic amines) is 1. The molecule has 20 heavy (non-hydrogen) atoms. The van der Waals surface area contributed by atoms with Crippen LogP contribution < -0.4 is 5.32 Å². The molecule has 1 aromatic carbocycles. The highest BCUT2D eigenvalue weighted by Gasteiger charge is 2.21. The van der Waals surface area contributed by atoms with Gasteiger partial charge in [0.2, 0.25) is 0 Å². The molecule has 3 rings (SSSR count). The van der Waals surface area contributed by atoms with E-state index in [2.05, 4.69) is 46.5 Å². The van der Waals surface area contributed by atoms with Gasteiger partial charge in [0.25, 0.3) is 0 Å². The summed E-state index contributed by atoms with van der Waals surface area (Å²) in [5.41, 5.74) is 2.48. The van der Waals surface area contributed by atoms with Gasteiger partial charge in [0.1, 0.15) is 0 Å². The van der Waals surface area contributed by atoms with Crippen molar-refractivity contribution in [3.63, 3.8) is 0 Å². The summed E-state index contributed by atoms with van der Waals surface area (Å²) in [5, 5.41) is 4.57. The van der Waals surface area contributed by atoms with E-state index in [4.69, 9.17) is 0 Å². The van der Waals surface area contributed by atoms with Crippen LogP contribution in [-0.2, 0) is 6.54 Å². The smallest absolute Gasteiger partial charge is 0.0702 e. The molecule has 2 aromatic rings. The fourth-order valence-corrected chi connectivity index (χ4v) is 3.19. The van der Waals surface area contributed by atoms with Gasteiger partial charge in [-0.2, -0.15) is 0 Å². The van der Waals surface area contributed by atoms with Gasteiger partial charge < -0.3 is 5.32 Å². The summed E-state index contributed by atoms with van der Waals surface area (Å²) >= 11 is 0. The molecule has 1 atom stereocenters. The fourth-order valence-electron chi connectivity index (χ4n) is 3.19. The average molecular weight is 269 g/mol. The van der Waals surface area contributed by atoms with E-state index >= 15 is 0 Å². The molecule has 0 saturated carbocycles. The zero-order chi connectivity index (χ0) is 13.8. The second-order valence-corrected chi connectivity index (χ2v) is 5.71. The maximum atomic E-state index is 4.39. The van der Waals surface area contributed by atoms with Gasteiger partial charge in [-0.05, 0) is 50.2 Å². The van der Waals surface area contributed by atoms with Crippen LogP contribution >= 0.6 is 0 Å². The van der Waals surface area contributed by atoms with E-state index in [1.54, 1.807) is 0 Å². The number of fused-ring (bicyclic) bond motifs is 1. The molecule has 1 aromatic heterocycles. The zero-order valence-electron chi connectivity index (χ0n) is 12.2. The SMILES string of the molecule is CNCC1CCCCN1Cc1ccc2ncccc2c1. The number of benzene rings is 1. The van der Waals surface area contributed by atoms with Crippen LogP contribution in [0.2, 0.25) is 0 Å². The lowest BCUT2D eigenvalue weighted by molar-refractivity contribution is 0.139. The van der Waals surface area contributed by atoms with Crippen LogP contribution in [0.15, 0.2) is 36.5 Å². The Morgan fingerprint density at radius 2 is 2.25 bits per heavy atom. The van der Waals surface area contributed by atoms with Crippen molar-refractivity contribution in [3.05, 3.63) is 42.1 Å². The van der Waals surface area contributed by atoms with E-state index in [0.717, 1.165) is 18.6 Å². The first-order valence-electron chi connectivity index (χ1n) is 7.59. The van der Waals surface area contributed by atoms with E-state index < -0.39 is 0 Å². The van der Waals surface area contributed by atoms with E-state index in [1.807, 2.05) is 12.3 Å². The minimum absolute atomic E-state index is 0.679. The summed E-state index contributed by atoms with van der Waals surface area (Å²) in [4.78, 5) is 7.01. The van der Waals surface area contributed by atoms with Gasteiger partial charge in [0, 0.05) is 30.7 Å². The molecule has 2 heterocycles. The molecule has 1 fully saturated rings. The number of hydrogen-bond donors (Lipinski definition) is 1. The van der Waals surface area contributed by atoms with Crippen LogP contribution in [0.3, 0.4) is 0 Å². The highest BCUT2D eigenvalue weighted by atomic mass is 15.2. The maximum absolute atomic E-state index is 4.39. The Morgan fingerprint density at radius 3 is 3.15 bits per heavy atom. The lowest BCUT2D eigenvalue weighted by Crippen LogP contribution is -2.44. The predicted molar refractivity (Wildman–Crippen MR) is 83.7 cm³/mol. The van der Waals surface area contributed by atoms with Crippen molar-refractivity contribution in [3.8, 4) is 0 Å². The van der Waals surface area contributed by atoms with Crippen molar-refractivity contribution in [2.75, 3.05) is 20.1 Å². The van der Waals surface area contributed by atoms with Gasteiger partial charge in [0.15, 0.2) is 0 Å². The quantitative estimate of drug-likeness (QED) is 0.925. The molecular formula is C17H23N3. The molecular weight excluding hydrogens is 246 g/mol. The van der Waals surface area contributed by atoms with Crippen LogP contribution in [0.1, 0.15) is 24.8 Å². The second-order valence-electron chi connectivity index (χ2n) is 5.71. The first kappa shape index (κ1) is 13.5. The number of nitrogens with one attached hydrogen (secondary N) is 1. The molecule has 1 aliphatic heterocycles. The molecule has 3 nitrogen and oxygen atoms in total. The number of piperidine rings is 1. The van der Waals surface area contributed by atoms with Crippen LogP contribution in [0.25, 0.3) is 10.9 Å². The third kappa shape index (κ3) is 3.00. The van der Waals surface area contributed by atoms with E-state index in [1.165, 1.54) is 36.8 Å². The topological polar surface area (TPSA) is 28.2 Å². The number of hydrogen-bond acceptors (Lipinski definition) is 3. The summed E-state index contributed by atoms with van der Waals surface area (Å²) in [6.45, 7) is 3.36. The normalized spacial score (nSPS) is 20.4. The molecule has 0 spiro atoms. The van der Waals surface area contributed by atoms with Crippen molar-refractivity contribution in [1.29, 1.82) is 0 Å². The van der Waals surface area contributed by atoms with Gasteiger partial charge in [-0.25, -0.2) is 0 Å². The third-order valence-electron chi connectivity index (χ3n) is 4.24. The van der Waals surface area contributed by atoms with Gasteiger partial charge in [-0.3, -0.25) is 9.88 Å². The molecule has 0 amide bonds. The fraction of sp³-hybridized carbons (Fsp3) is 0.471. The number of nitrogens with zero attached hydrogens (tertiary/aromatic N) is 2. The first-order valence-corrected chi connectivity index (χ1v) is 7.59. The number of aromatic nitrogens is 1. The van der Waals surface area contributed by atoms with Crippen LogP contribution in [0.5, 0.6) is 0 Å². The Hall–Kier alpha value is -1.45. The van der Waals surface area contributed by atoms with E-state index in [-0.39, 0.29) is 0 Å². The molecule has 1 aliphatic rings. The summed E-state index contributed by atoms with van der Waals surface area (Å²) < 4.78 is 0. The largest absolute Gasteiger partial charge is 0.318 e. The van der Waals surface area contributed by atoms with Crippen molar-refractivity contribution in [2.24, 2.45) is 0 Å². The van der Waals surface area contributed by atoms with Crippen LogP contribution in [-0.4, -0.2) is 36.1 Å². The van der Waals surface area contributed by atoms with Gasteiger partial charge in [-0.1, -0.05) is 18.6 Å². The number of pyridine rings is 1. The van der Waals surface area contributed by atoms with Gasteiger partial charge in [-0.15, -0.1) is 0 Å². The second kappa shape index (κ2) is 6.33. The Labute approximate surface area is 121 Å². The van der Waals surface area contributed by atoms with Crippen molar-refractivity contribution in [2.45, 2.75) is 31.8 Å². The average Bonchev–Trinajstić information content (AvgIpc) is 2.49. The Kier molecular flexibility index (Phi) is 4.28.